The molecule has 1 aliphatic heterocycles. The van der Waals surface area contributed by atoms with Gasteiger partial charge in [0.25, 0.3) is 5.69 Å². The van der Waals surface area contributed by atoms with Gasteiger partial charge in [0.1, 0.15) is 0 Å². The molecule has 86 valence electrons. The average Bonchev–Trinajstić information content (AvgIpc) is 2.59. The molecule has 1 aromatic rings. The van der Waals surface area contributed by atoms with E-state index in [1.165, 1.54) is 12.1 Å². The molecule has 0 aromatic heterocycles. The lowest BCUT2D eigenvalue weighted by Crippen LogP contribution is -2.03. The van der Waals surface area contributed by atoms with Crippen LogP contribution in [0.4, 0.5) is 5.69 Å². The minimum absolute atomic E-state index is 0.00851. The van der Waals surface area contributed by atoms with Gasteiger partial charge in [-0.25, -0.2) is 8.42 Å². The Morgan fingerprint density at radius 2 is 1.88 bits per heavy atom. The molecule has 1 heterocycles. The highest BCUT2D eigenvalue weighted by molar-refractivity contribution is 7.91. The third-order valence-corrected chi connectivity index (χ3v) is 4.58. The first-order chi connectivity index (χ1) is 7.48. The van der Waals surface area contributed by atoms with Crippen molar-refractivity contribution in [2.75, 3.05) is 11.5 Å². The van der Waals surface area contributed by atoms with Crippen molar-refractivity contribution < 1.29 is 13.3 Å². The summed E-state index contributed by atoms with van der Waals surface area (Å²) in [7, 11) is -2.90. The molecular formula is C10H11NO4S. The fraction of sp³-hybridized carbons (Fsp3) is 0.400. The van der Waals surface area contributed by atoms with Gasteiger partial charge < -0.3 is 0 Å². The molecule has 0 aliphatic carbocycles. The second-order valence-electron chi connectivity index (χ2n) is 3.95. The largest absolute Gasteiger partial charge is 0.269 e. The van der Waals surface area contributed by atoms with Crippen LogP contribution < -0.4 is 0 Å². The van der Waals surface area contributed by atoms with E-state index in [0.717, 1.165) is 5.56 Å². The van der Waals surface area contributed by atoms with Crippen molar-refractivity contribution in [3.05, 3.63) is 39.9 Å². The molecule has 2 rings (SSSR count). The third-order valence-electron chi connectivity index (χ3n) is 2.81. The standard InChI is InChI=1S/C10H11NO4S/c12-11(13)10-3-1-8(2-4-10)9-5-6-16(14,15)7-9/h1-4,9H,5-7H2. The number of benzene rings is 1. The van der Waals surface area contributed by atoms with Gasteiger partial charge in [-0.15, -0.1) is 0 Å². The Morgan fingerprint density at radius 3 is 2.31 bits per heavy atom. The Hall–Kier alpha value is -1.43. The summed E-state index contributed by atoms with van der Waals surface area (Å²) in [6.07, 6.45) is 0.611. The molecule has 0 N–H and O–H groups in total. The van der Waals surface area contributed by atoms with Gasteiger partial charge >= 0.3 is 0 Å². The summed E-state index contributed by atoms with van der Waals surface area (Å²) < 4.78 is 22.6. The number of nitrogens with zero attached hydrogens (tertiary/aromatic N) is 1. The van der Waals surface area contributed by atoms with Crippen LogP contribution in [-0.4, -0.2) is 24.8 Å². The first-order valence-electron chi connectivity index (χ1n) is 4.93. The van der Waals surface area contributed by atoms with Crippen molar-refractivity contribution in [2.45, 2.75) is 12.3 Å². The fourth-order valence-electron chi connectivity index (χ4n) is 1.93. The van der Waals surface area contributed by atoms with Gasteiger partial charge in [0, 0.05) is 12.1 Å². The summed E-state index contributed by atoms with van der Waals surface area (Å²) >= 11 is 0. The van der Waals surface area contributed by atoms with E-state index in [1.807, 2.05) is 0 Å². The van der Waals surface area contributed by atoms with E-state index in [0.29, 0.717) is 6.42 Å². The van der Waals surface area contributed by atoms with E-state index in [2.05, 4.69) is 0 Å². The molecule has 1 unspecified atom stereocenters. The van der Waals surface area contributed by atoms with E-state index in [9.17, 15) is 18.5 Å². The predicted octanol–water partition coefficient (Wildman–Crippen LogP) is 1.50. The minimum Gasteiger partial charge on any atom is -0.258 e. The lowest BCUT2D eigenvalue weighted by molar-refractivity contribution is -0.384. The molecule has 1 aromatic carbocycles. The van der Waals surface area contributed by atoms with Crippen LogP contribution in [-0.2, 0) is 9.84 Å². The average molecular weight is 241 g/mol. The summed E-state index contributed by atoms with van der Waals surface area (Å²) in [6.45, 7) is 0. The van der Waals surface area contributed by atoms with Crippen LogP contribution in [0.5, 0.6) is 0 Å². The van der Waals surface area contributed by atoms with Crippen LogP contribution in [0.25, 0.3) is 0 Å². The topological polar surface area (TPSA) is 77.3 Å². The maximum absolute atomic E-state index is 11.3. The van der Waals surface area contributed by atoms with Crippen LogP contribution in [0.1, 0.15) is 17.9 Å². The number of sulfone groups is 1. The molecule has 16 heavy (non-hydrogen) atoms. The number of nitro groups is 1. The monoisotopic (exact) mass is 241 g/mol. The van der Waals surface area contributed by atoms with Gasteiger partial charge in [0.05, 0.1) is 16.4 Å². The van der Waals surface area contributed by atoms with Gasteiger partial charge in [-0.3, -0.25) is 10.1 Å². The van der Waals surface area contributed by atoms with Gasteiger partial charge in [-0.05, 0) is 17.9 Å². The fourth-order valence-corrected chi connectivity index (χ4v) is 3.71. The second kappa shape index (κ2) is 3.86. The van der Waals surface area contributed by atoms with Gasteiger partial charge in [0.15, 0.2) is 9.84 Å². The molecule has 0 radical (unpaired) electrons. The predicted molar refractivity (Wildman–Crippen MR) is 59.1 cm³/mol. The Bertz CT molecular complexity index is 506. The third kappa shape index (κ3) is 2.21. The number of non-ortho nitro benzene ring substituents is 1. The molecule has 1 fully saturated rings. The van der Waals surface area contributed by atoms with E-state index >= 15 is 0 Å². The van der Waals surface area contributed by atoms with Gasteiger partial charge in [-0.2, -0.15) is 0 Å². The zero-order valence-electron chi connectivity index (χ0n) is 8.50. The first-order valence-corrected chi connectivity index (χ1v) is 6.75. The van der Waals surface area contributed by atoms with E-state index in [-0.39, 0.29) is 23.1 Å². The molecule has 0 saturated carbocycles. The van der Waals surface area contributed by atoms with Crippen LogP contribution in [0.15, 0.2) is 24.3 Å². The normalized spacial score (nSPS) is 23.1. The number of rotatable bonds is 2. The van der Waals surface area contributed by atoms with Crippen LogP contribution in [0.3, 0.4) is 0 Å². The van der Waals surface area contributed by atoms with Crippen molar-refractivity contribution in [1.82, 2.24) is 0 Å². The molecule has 1 aliphatic rings. The summed E-state index contributed by atoms with van der Waals surface area (Å²) in [5.74, 6) is 0.366. The van der Waals surface area contributed by atoms with Crippen LogP contribution in [0, 0.1) is 10.1 Å². The lowest BCUT2D eigenvalue weighted by atomic mass is 9.99. The molecule has 1 saturated heterocycles. The van der Waals surface area contributed by atoms with Crippen molar-refractivity contribution in [2.24, 2.45) is 0 Å². The molecule has 0 spiro atoms. The molecule has 5 nitrogen and oxygen atoms in total. The van der Waals surface area contributed by atoms with Crippen molar-refractivity contribution >= 4 is 15.5 Å². The molecule has 1 atom stereocenters. The van der Waals surface area contributed by atoms with Crippen LogP contribution in [0.2, 0.25) is 0 Å². The SMILES string of the molecule is O=[N+]([O-])c1ccc(C2CCS(=O)(=O)C2)cc1. The Morgan fingerprint density at radius 1 is 1.25 bits per heavy atom. The molecular weight excluding hydrogens is 230 g/mol. The highest BCUT2D eigenvalue weighted by atomic mass is 32.2. The second-order valence-corrected chi connectivity index (χ2v) is 6.18. The van der Waals surface area contributed by atoms with Crippen molar-refractivity contribution in [1.29, 1.82) is 0 Å². The molecule has 6 heteroatoms. The van der Waals surface area contributed by atoms with Crippen molar-refractivity contribution in [3.8, 4) is 0 Å². The zero-order chi connectivity index (χ0) is 11.8. The Kier molecular flexibility index (Phi) is 2.67. The van der Waals surface area contributed by atoms with E-state index < -0.39 is 14.8 Å². The molecule has 0 amide bonds. The minimum atomic E-state index is -2.90. The molecule has 0 bridgehead atoms. The quantitative estimate of drug-likeness (QED) is 0.580. The van der Waals surface area contributed by atoms with Gasteiger partial charge in [-0.1, -0.05) is 12.1 Å². The highest BCUT2D eigenvalue weighted by Crippen LogP contribution is 2.29. The summed E-state index contributed by atoms with van der Waals surface area (Å²) in [5, 5.41) is 10.4. The zero-order valence-corrected chi connectivity index (χ0v) is 9.31. The van der Waals surface area contributed by atoms with Crippen molar-refractivity contribution in [3.63, 3.8) is 0 Å². The number of hydrogen-bond acceptors (Lipinski definition) is 4. The van der Waals surface area contributed by atoms with E-state index in [4.69, 9.17) is 0 Å². The number of hydrogen-bond donors (Lipinski definition) is 0. The smallest absolute Gasteiger partial charge is 0.258 e. The first kappa shape index (κ1) is 11.1. The summed E-state index contributed by atoms with van der Waals surface area (Å²) in [6, 6.07) is 6.12. The summed E-state index contributed by atoms with van der Waals surface area (Å²) in [5.41, 5.74) is 0.899. The summed E-state index contributed by atoms with van der Waals surface area (Å²) in [4.78, 5) is 9.98. The highest BCUT2D eigenvalue weighted by Gasteiger charge is 2.29. The maximum Gasteiger partial charge on any atom is 0.269 e. The Balaban J connectivity index is 2.20. The lowest BCUT2D eigenvalue weighted by Gasteiger charge is -2.06. The van der Waals surface area contributed by atoms with E-state index in [1.54, 1.807) is 12.1 Å². The maximum atomic E-state index is 11.3. The number of nitro benzene ring substituents is 1. The van der Waals surface area contributed by atoms with Crippen LogP contribution >= 0.6 is 0 Å². The van der Waals surface area contributed by atoms with Gasteiger partial charge in [0.2, 0.25) is 0 Å². The Labute approximate surface area is 93.2 Å².